The summed E-state index contributed by atoms with van der Waals surface area (Å²) in [5, 5.41) is 9.23. The number of ether oxygens (including phenoxy) is 2. The van der Waals surface area contributed by atoms with Gasteiger partial charge in [0.05, 0.1) is 12.6 Å². The lowest BCUT2D eigenvalue weighted by Crippen LogP contribution is -2.50. The predicted molar refractivity (Wildman–Crippen MR) is 70.5 cm³/mol. The van der Waals surface area contributed by atoms with E-state index in [-0.39, 0.29) is 12.5 Å². The summed E-state index contributed by atoms with van der Waals surface area (Å²) in [5.74, 6) is -0.613. The van der Waals surface area contributed by atoms with Crippen molar-refractivity contribution < 1.29 is 24.2 Å². The van der Waals surface area contributed by atoms with Crippen molar-refractivity contribution in [2.24, 2.45) is 0 Å². The minimum atomic E-state index is -1.08. The third-order valence-electron chi connectivity index (χ3n) is 3.26. The Hall–Kier alpha value is -2.08. The second-order valence-electron chi connectivity index (χ2n) is 4.52. The second-order valence-corrected chi connectivity index (χ2v) is 4.52. The molecule has 0 spiro atoms. The quantitative estimate of drug-likeness (QED) is 0.892. The predicted octanol–water partition coefficient (Wildman–Crippen LogP) is 1.07. The fraction of sp³-hybridized carbons (Fsp3) is 0.429. The van der Waals surface area contributed by atoms with Crippen LogP contribution in [0.3, 0.4) is 0 Å². The Balaban J connectivity index is 2.29. The van der Waals surface area contributed by atoms with Crippen molar-refractivity contribution in [2.75, 3.05) is 20.3 Å². The zero-order valence-electron chi connectivity index (χ0n) is 11.4. The highest BCUT2D eigenvalue weighted by Gasteiger charge is 2.39. The molecule has 20 heavy (non-hydrogen) atoms. The molecule has 1 fully saturated rings. The molecule has 0 bridgehead atoms. The van der Waals surface area contributed by atoms with Crippen LogP contribution in [0.25, 0.3) is 0 Å². The number of hydrogen-bond acceptors (Lipinski definition) is 4. The number of likely N-dealkylation sites (N-methyl/N-ethyl adjacent to an activating group) is 1. The number of carboxylic acid groups (broad SMARTS) is 1. The molecule has 1 saturated heterocycles. The first-order valence-electron chi connectivity index (χ1n) is 6.37. The topological polar surface area (TPSA) is 76.1 Å². The lowest BCUT2D eigenvalue weighted by molar-refractivity contribution is -0.171. The number of carbonyl (C=O) groups excluding carboxylic acids is 1. The molecule has 1 aliphatic heterocycles. The summed E-state index contributed by atoms with van der Waals surface area (Å²) >= 11 is 0. The molecule has 1 aliphatic rings. The number of benzene rings is 1. The van der Waals surface area contributed by atoms with Crippen LogP contribution in [0.4, 0.5) is 0 Å². The fourth-order valence-electron chi connectivity index (χ4n) is 2.24. The summed E-state index contributed by atoms with van der Waals surface area (Å²) in [4.78, 5) is 24.4. The average Bonchev–Trinajstić information content (AvgIpc) is 2.43. The highest BCUT2D eigenvalue weighted by Crippen LogP contribution is 2.30. The molecule has 0 saturated carbocycles. The normalized spacial score (nSPS) is 22.7. The maximum atomic E-state index is 11.7. The molecule has 6 heteroatoms. The molecule has 1 amide bonds. The van der Waals surface area contributed by atoms with E-state index in [0.29, 0.717) is 17.9 Å². The maximum Gasteiger partial charge on any atom is 0.335 e. The Morgan fingerprint density at radius 1 is 1.45 bits per heavy atom. The monoisotopic (exact) mass is 279 g/mol. The first-order valence-corrected chi connectivity index (χ1v) is 6.37. The number of carboxylic acids is 1. The van der Waals surface area contributed by atoms with Crippen LogP contribution < -0.4 is 4.74 Å². The van der Waals surface area contributed by atoms with Crippen LogP contribution in [0.2, 0.25) is 0 Å². The van der Waals surface area contributed by atoms with E-state index in [1.807, 2.05) is 6.92 Å². The van der Waals surface area contributed by atoms with E-state index in [2.05, 4.69) is 0 Å². The summed E-state index contributed by atoms with van der Waals surface area (Å²) < 4.78 is 10.5. The lowest BCUT2D eigenvalue weighted by atomic mass is 9.98. The number of morpholine rings is 1. The van der Waals surface area contributed by atoms with Crippen molar-refractivity contribution in [3.05, 3.63) is 29.8 Å². The molecular formula is C14H17NO5. The van der Waals surface area contributed by atoms with Gasteiger partial charge in [-0.05, 0) is 24.6 Å². The Morgan fingerprint density at radius 3 is 2.65 bits per heavy atom. The molecule has 1 N–H and O–H groups in total. The summed E-state index contributed by atoms with van der Waals surface area (Å²) in [6.07, 6.45) is -1.06. The molecule has 1 aromatic rings. The Morgan fingerprint density at radius 2 is 2.10 bits per heavy atom. The Labute approximate surface area is 116 Å². The minimum Gasteiger partial charge on any atom is -0.494 e. The molecule has 1 heterocycles. The van der Waals surface area contributed by atoms with Crippen molar-refractivity contribution in [3.63, 3.8) is 0 Å². The maximum absolute atomic E-state index is 11.7. The first kappa shape index (κ1) is 14.3. The van der Waals surface area contributed by atoms with Gasteiger partial charge in [0, 0.05) is 7.05 Å². The first-order chi connectivity index (χ1) is 9.54. The van der Waals surface area contributed by atoms with E-state index in [1.54, 1.807) is 31.3 Å². The standard InChI is InChI=1S/C14H17NO5/c1-3-19-10-6-4-9(5-7-10)12-13(14(17)18)20-8-11(16)15(12)2/h4-7,12-13H,3,8H2,1-2H3,(H,17,18). The van der Waals surface area contributed by atoms with Gasteiger partial charge in [0.1, 0.15) is 12.4 Å². The van der Waals surface area contributed by atoms with E-state index >= 15 is 0 Å². The fourth-order valence-corrected chi connectivity index (χ4v) is 2.24. The van der Waals surface area contributed by atoms with Crippen LogP contribution in [0.1, 0.15) is 18.5 Å². The van der Waals surface area contributed by atoms with Gasteiger partial charge in [0.15, 0.2) is 6.10 Å². The number of nitrogens with zero attached hydrogens (tertiary/aromatic N) is 1. The lowest BCUT2D eigenvalue weighted by Gasteiger charge is -2.37. The van der Waals surface area contributed by atoms with Crippen LogP contribution in [0.15, 0.2) is 24.3 Å². The number of carbonyl (C=O) groups is 2. The third kappa shape index (κ3) is 2.75. The van der Waals surface area contributed by atoms with Crippen molar-refractivity contribution in [3.8, 4) is 5.75 Å². The van der Waals surface area contributed by atoms with Gasteiger partial charge in [-0.1, -0.05) is 12.1 Å². The van der Waals surface area contributed by atoms with E-state index in [9.17, 15) is 14.7 Å². The van der Waals surface area contributed by atoms with Gasteiger partial charge in [-0.15, -0.1) is 0 Å². The number of amides is 1. The highest BCUT2D eigenvalue weighted by molar-refractivity contribution is 5.82. The van der Waals surface area contributed by atoms with E-state index in [1.165, 1.54) is 4.90 Å². The molecule has 2 rings (SSSR count). The highest BCUT2D eigenvalue weighted by atomic mass is 16.5. The van der Waals surface area contributed by atoms with Gasteiger partial charge in [-0.25, -0.2) is 4.79 Å². The van der Waals surface area contributed by atoms with Gasteiger partial charge in [-0.2, -0.15) is 0 Å². The number of rotatable bonds is 4. The minimum absolute atomic E-state index is 0.207. The number of hydrogen-bond donors (Lipinski definition) is 1. The Kier molecular flexibility index (Phi) is 4.24. The van der Waals surface area contributed by atoms with Crippen molar-refractivity contribution >= 4 is 11.9 Å². The van der Waals surface area contributed by atoms with Gasteiger partial charge in [0.2, 0.25) is 5.91 Å². The van der Waals surface area contributed by atoms with Crippen molar-refractivity contribution in [1.29, 1.82) is 0 Å². The molecule has 6 nitrogen and oxygen atoms in total. The average molecular weight is 279 g/mol. The molecule has 0 aliphatic carbocycles. The SMILES string of the molecule is CCOc1ccc(C2C(C(=O)O)OCC(=O)N2C)cc1. The molecule has 0 aromatic heterocycles. The summed E-state index contributed by atoms with van der Waals surface area (Å²) in [7, 11) is 1.59. The second kappa shape index (κ2) is 5.92. The molecule has 1 aromatic carbocycles. The molecule has 108 valence electrons. The zero-order chi connectivity index (χ0) is 14.7. The van der Waals surface area contributed by atoms with Crippen molar-refractivity contribution in [2.45, 2.75) is 19.1 Å². The van der Waals surface area contributed by atoms with Gasteiger partial charge < -0.3 is 19.5 Å². The summed E-state index contributed by atoms with van der Waals surface area (Å²) in [6.45, 7) is 2.23. The molecular weight excluding hydrogens is 262 g/mol. The van der Waals surface area contributed by atoms with Gasteiger partial charge in [-0.3, -0.25) is 4.79 Å². The van der Waals surface area contributed by atoms with Crippen LogP contribution in [0, 0.1) is 0 Å². The van der Waals surface area contributed by atoms with Crippen molar-refractivity contribution in [1.82, 2.24) is 4.90 Å². The van der Waals surface area contributed by atoms with Gasteiger partial charge in [0.25, 0.3) is 0 Å². The Bertz CT molecular complexity index is 499. The summed E-state index contributed by atoms with van der Waals surface area (Å²) in [5.41, 5.74) is 0.705. The largest absolute Gasteiger partial charge is 0.494 e. The molecule has 2 atom stereocenters. The van der Waals surface area contributed by atoms with Crippen LogP contribution >= 0.6 is 0 Å². The van der Waals surface area contributed by atoms with Gasteiger partial charge >= 0.3 is 5.97 Å². The molecule has 2 unspecified atom stereocenters. The molecule has 0 radical (unpaired) electrons. The smallest absolute Gasteiger partial charge is 0.335 e. The third-order valence-corrected chi connectivity index (χ3v) is 3.26. The van der Waals surface area contributed by atoms with Crippen LogP contribution in [0.5, 0.6) is 5.75 Å². The summed E-state index contributed by atoms with van der Waals surface area (Å²) in [6, 6.07) is 6.38. The van der Waals surface area contributed by atoms with Crippen LogP contribution in [-0.2, 0) is 14.3 Å². The van der Waals surface area contributed by atoms with E-state index < -0.39 is 18.1 Å². The van der Waals surface area contributed by atoms with E-state index in [0.717, 1.165) is 0 Å². The number of aliphatic carboxylic acids is 1. The zero-order valence-corrected chi connectivity index (χ0v) is 11.4. The van der Waals surface area contributed by atoms with E-state index in [4.69, 9.17) is 9.47 Å². The van der Waals surface area contributed by atoms with Crippen LogP contribution in [-0.4, -0.2) is 48.2 Å².